The van der Waals surface area contributed by atoms with E-state index in [9.17, 15) is 9.18 Å². The molecule has 1 N–H and O–H groups in total. The van der Waals surface area contributed by atoms with Crippen LogP contribution in [-0.4, -0.2) is 11.1 Å². The first-order valence-electron chi connectivity index (χ1n) is 6.27. The van der Waals surface area contributed by atoms with Crippen LogP contribution in [-0.2, 0) is 0 Å². The van der Waals surface area contributed by atoms with Crippen molar-refractivity contribution in [3.05, 3.63) is 71.0 Å². The van der Waals surface area contributed by atoms with Crippen molar-refractivity contribution in [2.24, 2.45) is 0 Å². The third kappa shape index (κ3) is 2.60. The Hall–Kier alpha value is -2.39. The molecule has 2 nitrogen and oxygen atoms in total. The number of fused-ring (bicyclic) bond motifs is 1. The van der Waals surface area contributed by atoms with Crippen molar-refractivity contribution in [3.63, 3.8) is 0 Å². The minimum atomic E-state index is -0.968. The maximum absolute atomic E-state index is 13.9. The van der Waals surface area contributed by atoms with Gasteiger partial charge in [0.15, 0.2) is 0 Å². The highest BCUT2D eigenvalue weighted by Crippen LogP contribution is 2.28. The lowest BCUT2D eigenvalue weighted by Crippen LogP contribution is -1.95. The minimum Gasteiger partial charge on any atom is -0.478 e. The lowest BCUT2D eigenvalue weighted by Gasteiger charge is -2.06. The second-order valence-corrected chi connectivity index (χ2v) is 5.14. The average molecular weight is 301 g/mol. The van der Waals surface area contributed by atoms with Gasteiger partial charge in [-0.2, -0.15) is 0 Å². The van der Waals surface area contributed by atoms with Crippen molar-refractivity contribution < 1.29 is 14.3 Å². The molecular formula is C17H10ClFO2. The molecule has 3 rings (SSSR count). The van der Waals surface area contributed by atoms with Gasteiger partial charge in [0.1, 0.15) is 5.82 Å². The molecule has 0 heterocycles. The number of carboxylic acids is 1. The van der Waals surface area contributed by atoms with Gasteiger partial charge in [-0.3, -0.25) is 0 Å². The zero-order chi connectivity index (χ0) is 15.0. The monoisotopic (exact) mass is 300 g/mol. The molecule has 0 aromatic heterocycles. The second-order valence-electron chi connectivity index (χ2n) is 4.71. The summed E-state index contributed by atoms with van der Waals surface area (Å²) in [6, 6.07) is 14.8. The first kappa shape index (κ1) is 13.6. The van der Waals surface area contributed by atoms with E-state index in [1.165, 1.54) is 12.1 Å². The highest BCUT2D eigenvalue weighted by molar-refractivity contribution is 6.30. The van der Waals surface area contributed by atoms with E-state index < -0.39 is 5.97 Å². The normalized spacial score (nSPS) is 10.8. The summed E-state index contributed by atoms with van der Waals surface area (Å²) in [5, 5.41) is 11.0. The first-order chi connectivity index (χ1) is 10.0. The summed E-state index contributed by atoms with van der Waals surface area (Å²) in [6.45, 7) is 0. The number of halogens is 2. The molecule has 0 aliphatic rings. The molecule has 0 spiro atoms. The van der Waals surface area contributed by atoms with Crippen LogP contribution >= 0.6 is 11.6 Å². The molecule has 0 radical (unpaired) electrons. The van der Waals surface area contributed by atoms with Gasteiger partial charge < -0.3 is 5.11 Å². The van der Waals surface area contributed by atoms with Gasteiger partial charge in [0.25, 0.3) is 0 Å². The Kier molecular flexibility index (Phi) is 3.35. The number of benzene rings is 3. The first-order valence-corrected chi connectivity index (χ1v) is 6.65. The van der Waals surface area contributed by atoms with Crippen molar-refractivity contribution in [1.82, 2.24) is 0 Å². The van der Waals surface area contributed by atoms with E-state index in [0.717, 1.165) is 16.3 Å². The quantitative estimate of drug-likeness (QED) is 0.723. The third-order valence-electron chi connectivity index (χ3n) is 3.33. The Morgan fingerprint density at radius 1 is 0.952 bits per heavy atom. The van der Waals surface area contributed by atoms with E-state index in [2.05, 4.69) is 0 Å². The fourth-order valence-corrected chi connectivity index (χ4v) is 2.43. The molecule has 21 heavy (non-hydrogen) atoms. The van der Waals surface area contributed by atoms with Crippen LogP contribution in [0.1, 0.15) is 10.4 Å². The maximum Gasteiger partial charge on any atom is 0.335 e. The van der Waals surface area contributed by atoms with Gasteiger partial charge in [0.2, 0.25) is 0 Å². The molecule has 0 amide bonds. The van der Waals surface area contributed by atoms with Gasteiger partial charge >= 0.3 is 5.97 Å². The minimum absolute atomic E-state index is 0.230. The predicted octanol–water partition coefficient (Wildman–Crippen LogP) is 5.00. The standard InChI is InChI=1S/C17H10ClFO2/c18-14-5-6-15(16(19)9-14)12-3-1-11-8-13(17(20)21)4-2-10(11)7-12/h1-9H,(H,20,21). The summed E-state index contributed by atoms with van der Waals surface area (Å²) in [5.41, 5.74) is 1.41. The molecule has 0 aliphatic carbocycles. The summed E-state index contributed by atoms with van der Waals surface area (Å²) in [7, 11) is 0. The van der Waals surface area contributed by atoms with E-state index in [1.54, 1.807) is 36.4 Å². The molecule has 0 aliphatic heterocycles. The number of hydrogen-bond donors (Lipinski definition) is 1. The Morgan fingerprint density at radius 3 is 2.38 bits per heavy atom. The smallest absolute Gasteiger partial charge is 0.335 e. The second kappa shape index (κ2) is 5.19. The van der Waals surface area contributed by atoms with Crippen LogP contribution in [0.4, 0.5) is 4.39 Å². The van der Waals surface area contributed by atoms with Crippen molar-refractivity contribution in [2.75, 3.05) is 0 Å². The van der Waals surface area contributed by atoms with Crippen LogP contribution in [0.25, 0.3) is 21.9 Å². The van der Waals surface area contributed by atoms with Gasteiger partial charge in [0.05, 0.1) is 5.56 Å². The Bertz CT molecular complexity index is 859. The Morgan fingerprint density at radius 2 is 1.67 bits per heavy atom. The Balaban J connectivity index is 2.13. The molecule has 4 heteroatoms. The number of hydrogen-bond acceptors (Lipinski definition) is 1. The van der Waals surface area contributed by atoms with Gasteiger partial charge in [-0.15, -0.1) is 0 Å². The van der Waals surface area contributed by atoms with Crippen LogP contribution in [0.5, 0.6) is 0 Å². The van der Waals surface area contributed by atoms with Gasteiger partial charge in [0, 0.05) is 10.6 Å². The van der Waals surface area contributed by atoms with Gasteiger partial charge in [-0.1, -0.05) is 29.8 Å². The molecule has 0 atom stereocenters. The predicted molar refractivity (Wildman–Crippen MR) is 81.3 cm³/mol. The summed E-state index contributed by atoms with van der Waals surface area (Å²) >= 11 is 5.75. The summed E-state index contributed by atoms with van der Waals surface area (Å²) < 4.78 is 13.9. The molecule has 0 saturated heterocycles. The van der Waals surface area contributed by atoms with Gasteiger partial charge in [-0.25, -0.2) is 9.18 Å². The van der Waals surface area contributed by atoms with Crippen LogP contribution in [0.15, 0.2) is 54.6 Å². The molecule has 0 saturated carbocycles. The van der Waals surface area contributed by atoms with Crippen molar-refractivity contribution in [2.45, 2.75) is 0 Å². The van der Waals surface area contributed by atoms with E-state index >= 15 is 0 Å². The molecule has 0 fully saturated rings. The van der Waals surface area contributed by atoms with E-state index in [0.29, 0.717) is 10.6 Å². The largest absolute Gasteiger partial charge is 0.478 e. The summed E-state index contributed by atoms with van der Waals surface area (Å²) in [4.78, 5) is 10.9. The van der Waals surface area contributed by atoms with Gasteiger partial charge in [-0.05, 0) is 52.7 Å². The lowest BCUT2D eigenvalue weighted by atomic mass is 9.99. The number of rotatable bonds is 2. The highest BCUT2D eigenvalue weighted by Gasteiger charge is 2.08. The van der Waals surface area contributed by atoms with E-state index in [1.807, 2.05) is 6.07 Å². The fourth-order valence-electron chi connectivity index (χ4n) is 2.27. The maximum atomic E-state index is 13.9. The number of carbonyl (C=O) groups is 1. The van der Waals surface area contributed by atoms with E-state index in [-0.39, 0.29) is 11.4 Å². The zero-order valence-electron chi connectivity index (χ0n) is 10.8. The zero-order valence-corrected chi connectivity index (χ0v) is 11.6. The number of aromatic carboxylic acids is 1. The molecule has 0 unspecified atom stereocenters. The van der Waals surface area contributed by atoms with Crippen LogP contribution < -0.4 is 0 Å². The van der Waals surface area contributed by atoms with E-state index in [4.69, 9.17) is 16.7 Å². The van der Waals surface area contributed by atoms with Crippen molar-refractivity contribution >= 4 is 28.3 Å². The molecule has 0 bridgehead atoms. The van der Waals surface area contributed by atoms with Crippen LogP contribution in [0.2, 0.25) is 5.02 Å². The van der Waals surface area contributed by atoms with Crippen molar-refractivity contribution in [1.29, 1.82) is 0 Å². The lowest BCUT2D eigenvalue weighted by molar-refractivity contribution is 0.0697. The molecular weight excluding hydrogens is 291 g/mol. The van der Waals surface area contributed by atoms with Crippen LogP contribution in [0, 0.1) is 5.82 Å². The highest BCUT2D eigenvalue weighted by atomic mass is 35.5. The Labute approximate surface area is 125 Å². The topological polar surface area (TPSA) is 37.3 Å². The molecule has 3 aromatic carbocycles. The average Bonchev–Trinajstić information content (AvgIpc) is 2.46. The fraction of sp³-hybridized carbons (Fsp3) is 0. The molecule has 3 aromatic rings. The van der Waals surface area contributed by atoms with Crippen LogP contribution in [0.3, 0.4) is 0 Å². The summed E-state index contributed by atoms with van der Waals surface area (Å²) in [6.07, 6.45) is 0. The summed E-state index contributed by atoms with van der Waals surface area (Å²) in [5.74, 6) is -1.35. The SMILES string of the molecule is O=C(O)c1ccc2cc(-c3ccc(Cl)cc3F)ccc2c1. The number of carboxylic acid groups (broad SMARTS) is 1. The molecule has 104 valence electrons. The third-order valence-corrected chi connectivity index (χ3v) is 3.56. The van der Waals surface area contributed by atoms with Crippen molar-refractivity contribution in [3.8, 4) is 11.1 Å².